The van der Waals surface area contributed by atoms with Crippen molar-refractivity contribution in [1.29, 1.82) is 0 Å². The van der Waals surface area contributed by atoms with E-state index in [9.17, 15) is 4.79 Å². The second-order valence-electron chi connectivity index (χ2n) is 5.28. The Morgan fingerprint density at radius 3 is 2.59 bits per heavy atom. The van der Waals surface area contributed by atoms with Gasteiger partial charge >= 0.3 is 0 Å². The molecule has 0 saturated carbocycles. The highest BCUT2D eigenvalue weighted by Gasteiger charge is 2.11. The SMILES string of the molecule is CN[C@@H](C)c1ccc(-n2cc3cccc(C(N)=O)c3n2)cc1. The minimum absolute atomic E-state index is 0.298. The van der Waals surface area contributed by atoms with E-state index >= 15 is 0 Å². The van der Waals surface area contributed by atoms with Crippen molar-refractivity contribution in [1.82, 2.24) is 15.1 Å². The molecule has 22 heavy (non-hydrogen) atoms. The van der Waals surface area contributed by atoms with Gasteiger partial charge in [-0.2, -0.15) is 5.10 Å². The summed E-state index contributed by atoms with van der Waals surface area (Å²) in [6, 6.07) is 13.9. The fraction of sp³-hybridized carbons (Fsp3) is 0.176. The molecular weight excluding hydrogens is 276 g/mol. The van der Waals surface area contributed by atoms with Crippen molar-refractivity contribution in [3.63, 3.8) is 0 Å². The van der Waals surface area contributed by atoms with E-state index in [0.717, 1.165) is 11.1 Å². The molecule has 5 nitrogen and oxygen atoms in total. The van der Waals surface area contributed by atoms with Crippen LogP contribution in [0.5, 0.6) is 0 Å². The van der Waals surface area contributed by atoms with Crippen LogP contribution in [0.1, 0.15) is 28.9 Å². The molecule has 0 aliphatic rings. The van der Waals surface area contributed by atoms with Gasteiger partial charge < -0.3 is 11.1 Å². The van der Waals surface area contributed by atoms with Crippen molar-refractivity contribution in [2.75, 3.05) is 7.05 Å². The maximum absolute atomic E-state index is 11.5. The number of primary amides is 1. The first-order chi connectivity index (χ1) is 10.6. The second kappa shape index (κ2) is 5.61. The maximum atomic E-state index is 11.5. The van der Waals surface area contributed by atoms with Crippen molar-refractivity contribution in [3.8, 4) is 5.69 Å². The van der Waals surface area contributed by atoms with Crippen LogP contribution in [0.15, 0.2) is 48.7 Å². The van der Waals surface area contributed by atoms with E-state index in [2.05, 4.69) is 29.5 Å². The number of nitrogens with two attached hydrogens (primary N) is 1. The molecule has 5 heteroatoms. The molecule has 0 bridgehead atoms. The average molecular weight is 294 g/mol. The zero-order valence-corrected chi connectivity index (χ0v) is 12.6. The van der Waals surface area contributed by atoms with Gasteiger partial charge in [-0.25, -0.2) is 4.68 Å². The molecule has 0 unspecified atom stereocenters. The third kappa shape index (κ3) is 2.46. The number of aromatic nitrogens is 2. The van der Waals surface area contributed by atoms with Crippen molar-refractivity contribution in [2.45, 2.75) is 13.0 Å². The topological polar surface area (TPSA) is 72.9 Å². The quantitative estimate of drug-likeness (QED) is 0.776. The Kier molecular flexibility index (Phi) is 3.65. The van der Waals surface area contributed by atoms with Gasteiger partial charge in [-0.15, -0.1) is 0 Å². The number of nitrogens with one attached hydrogen (secondary N) is 1. The van der Waals surface area contributed by atoms with Crippen molar-refractivity contribution in [3.05, 3.63) is 59.8 Å². The molecule has 0 saturated heterocycles. The summed E-state index contributed by atoms with van der Waals surface area (Å²) < 4.78 is 1.77. The average Bonchev–Trinajstić information content (AvgIpc) is 2.98. The van der Waals surface area contributed by atoms with Crippen LogP contribution in [0, 0.1) is 0 Å². The number of amides is 1. The van der Waals surface area contributed by atoms with Gasteiger partial charge in [0.1, 0.15) is 5.52 Å². The largest absolute Gasteiger partial charge is 0.366 e. The van der Waals surface area contributed by atoms with Crippen molar-refractivity contribution < 1.29 is 4.79 Å². The van der Waals surface area contributed by atoms with Crippen LogP contribution >= 0.6 is 0 Å². The number of hydrogen-bond donors (Lipinski definition) is 2. The molecule has 0 aliphatic carbocycles. The van der Waals surface area contributed by atoms with Gasteiger partial charge in [-0.3, -0.25) is 4.79 Å². The van der Waals surface area contributed by atoms with Gasteiger partial charge in [-0.1, -0.05) is 24.3 Å². The molecule has 0 radical (unpaired) electrons. The number of carbonyl (C=O) groups excluding carboxylic acids is 1. The third-order valence-corrected chi connectivity index (χ3v) is 3.89. The molecule has 1 aromatic heterocycles. The normalized spacial score (nSPS) is 12.5. The lowest BCUT2D eigenvalue weighted by molar-refractivity contribution is 0.100. The molecule has 0 spiro atoms. The summed E-state index contributed by atoms with van der Waals surface area (Å²) in [6.07, 6.45) is 1.90. The van der Waals surface area contributed by atoms with Crippen molar-refractivity contribution in [2.24, 2.45) is 5.73 Å². The van der Waals surface area contributed by atoms with Gasteiger partial charge in [0.2, 0.25) is 0 Å². The van der Waals surface area contributed by atoms with Gasteiger partial charge in [0.25, 0.3) is 5.91 Å². The first-order valence-corrected chi connectivity index (χ1v) is 7.16. The van der Waals surface area contributed by atoms with Crippen LogP contribution in [0.25, 0.3) is 16.6 Å². The number of hydrogen-bond acceptors (Lipinski definition) is 3. The van der Waals surface area contributed by atoms with Gasteiger partial charge in [0.15, 0.2) is 0 Å². The Balaban J connectivity index is 2.03. The lowest BCUT2D eigenvalue weighted by Gasteiger charge is -2.11. The lowest BCUT2D eigenvalue weighted by Crippen LogP contribution is -2.12. The number of benzene rings is 2. The van der Waals surface area contributed by atoms with Gasteiger partial charge in [-0.05, 0) is 37.7 Å². The fourth-order valence-electron chi connectivity index (χ4n) is 2.46. The number of nitrogens with zero attached hydrogens (tertiary/aromatic N) is 2. The minimum atomic E-state index is -0.464. The molecule has 2 aromatic carbocycles. The highest BCUT2D eigenvalue weighted by atomic mass is 16.1. The summed E-state index contributed by atoms with van der Waals surface area (Å²) in [4.78, 5) is 11.5. The van der Waals surface area contributed by atoms with Crippen LogP contribution in [-0.4, -0.2) is 22.7 Å². The molecule has 1 atom stereocenters. The molecule has 3 aromatic rings. The summed E-state index contributed by atoms with van der Waals surface area (Å²) in [6.45, 7) is 2.11. The lowest BCUT2D eigenvalue weighted by atomic mass is 10.1. The van der Waals surface area contributed by atoms with E-state index in [1.54, 1.807) is 10.7 Å². The minimum Gasteiger partial charge on any atom is -0.366 e. The highest BCUT2D eigenvalue weighted by molar-refractivity contribution is 6.04. The van der Waals surface area contributed by atoms with Crippen LogP contribution in [0.2, 0.25) is 0 Å². The van der Waals surface area contributed by atoms with Crippen LogP contribution in [0.3, 0.4) is 0 Å². The molecule has 112 valence electrons. The fourth-order valence-corrected chi connectivity index (χ4v) is 2.46. The van der Waals surface area contributed by atoms with E-state index in [-0.39, 0.29) is 0 Å². The molecule has 0 fully saturated rings. The summed E-state index contributed by atoms with van der Waals surface area (Å²) in [7, 11) is 1.93. The molecule has 3 rings (SSSR count). The molecule has 1 heterocycles. The highest BCUT2D eigenvalue weighted by Crippen LogP contribution is 2.20. The van der Waals surface area contributed by atoms with Crippen LogP contribution < -0.4 is 11.1 Å². The van der Waals surface area contributed by atoms with Gasteiger partial charge in [0.05, 0.1) is 11.3 Å². The van der Waals surface area contributed by atoms with Crippen molar-refractivity contribution >= 4 is 16.8 Å². The predicted octanol–water partition coefficient (Wildman–Crippen LogP) is 2.40. The first-order valence-electron chi connectivity index (χ1n) is 7.16. The maximum Gasteiger partial charge on any atom is 0.250 e. The first kappa shape index (κ1) is 14.3. The molecule has 3 N–H and O–H groups in total. The van der Waals surface area contributed by atoms with E-state index in [1.807, 2.05) is 37.5 Å². The monoisotopic (exact) mass is 294 g/mol. The van der Waals surface area contributed by atoms with Crippen LogP contribution in [0.4, 0.5) is 0 Å². The second-order valence-corrected chi connectivity index (χ2v) is 5.28. The number of carbonyl (C=O) groups is 1. The smallest absolute Gasteiger partial charge is 0.250 e. The van der Waals surface area contributed by atoms with E-state index in [1.165, 1.54) is 5.56 Å². The summed E-state index contributed by atoms with van der Waals surface area (Å²) >= 11 is 0. The zero-order chi connectivity index (χ0) is 15.7. The zero-order valence-electron chi connectivity index (χ0n) is 12.6. The summed E-state index contributed by atoms with van der Waals surface area (Å²) in [5, 5.41) is 8.60. The molecule has 1 amide bonds. The van der Waals surface area contributed by atoms with E-state index < -0.39 is 5.91 Å². The molecule has 0 aliphatic heterocycles. The van der Waals surface area contributed by atoms with E-state index in [0.29, 0.717) is 17.1 Å². The van der Waals surface area contributed by atoms with Gasteiger partial charge in [0, 0.05) is 17.6 Å². The van der Waals surface area contributed by atoms with Crippen LogP contribution in [-0.2, 0) is 0 Å². The summed E-state index contributed by atoms with van der Waals surface area (Å²) in [5.41, 5.74) is 8.62. The van der Waals surface area contributed by atoms with E-state index in [4.69, 9.17) is 5.73 Å². The Morgan fingerprint density at radius 1 is 1.23 bits per heavy atom. The Bertz CT molecular complexity index is 820. The Morgan fingerprint density at radius 2 is 1.95 bits per heavy atom. The summed E-state index contributed by atoms with van der Waals surface area (Å²) in [5.74, 6) is -0.464. The predicted molar refractivity (Wildman–Crippen MR) is 87.1 cm³/mol. The Hall–Kier alpha value is -2.66. The Labute approximate surface area is 128 Å². The number of fused-ring (bicyclic) bond motifs is 1. The standard InChI is InChI=1S/C17H18N4O/c1-11(19-2)12-6-8-14(9-7-12)21-10-13-4-3-5-15(17(18)22)16(13)20-21/h3-11,19H,1-2H3,(H2,18,22)/t11-/m0/s1. The molecular formula is C17H18N4O. The number of rotatable bonds is 4. The third-order valence-electron chi connectivity index (χ3n) is 3.89.